The van der Waals surface area contributed by atoms with Gasteiger partial charge in [-0.05, 0) is 32.0 Å². The Kier molecular flexibility index (Phi) is 5.75. The van der Waals surface area contributed by atoms with Gasteiger partial charge in [-0.15, -0.1) is 0 Å². The van der Waals surface area contributed by atoms with Crippen molar-refractivity contribution in [2.45, 2.75) is 26.3 Å². The second-order valence-electron chi connectivity index (χ2n) is 5.42. The second kappa shape index (κ2) is 7.34. The van der Waals surface area contributed by atoms with Crippen molar-refractivity contribution >= 4 is 21.7 Å². The fourth-order valence-corrected chi connectivity index (χ4v) is 2.98. The minimum absolute atomic E-state index is 0.0278. The molecular weight excluding hydrogens is 316 g/mol. The average molecular weight is 339 g/mol. The Morgan fingerprint density at radius 1 is 1.20 bits per heavy atom. The van der Waals surface area contributed by atoms with Crippen molar-refractivity contribution in [2.24, 2.45) is 0 Å². The number of carbonyl (C=O) groups excluding carboxylic acids is 1. The summed E-state index contributed by atoms with van der Waals surface area (Å²) in [7, 11) is 0. The highest BCUT2D eigenvalue weighted by Gasteiger charge is 2.25. The van der Waals surface area contributed by atoms with Crippen LogP contribution in [0.5, 0.6) is 0 Å². The van der Waals surface area contributed by atoms with Gasteiger partial charge >= 0.3 is 0 Å². The summed E-state index contributed by atoms with van der Waals surface area (Å²) < 4.78 is 1.01. The zero-order valence-electron chi connectivity index (χ0n) is 12.3. The number of carbonyl (C=O) groups is 1. The lowest BCUT2D eigenvalue weighted by Crippen LogP contribution is -2.51. The first-order valence-corrected chi connectivity index (χ1v) is 8.17. The first-order valence-electron chi connectivity index (χ1n) is 7.38. The Balaban J connectivity index is 1.93. The molecule has 1 aliphatic rings. The molecule has 4 heteroatoms. The van der Waals surface area contributed by atoms with Crippen LogP contribution in [0, 0.1) is 0 Å². The fraction of sp³-hybridized carbons (Fsp3) is 0.562. The lowest BCUT2D eigenvalue weighted by molar-refractivity contribution is 0.0701. The van der Waals surface area contributed by atoms with E-state index in [1.165, 1.54) is 13.0 Å². The maximum atomic E-state index is 12.5. The van der Waals surface area contributed by atoms with Crippen LogP contribution in [0.1, 0.15) is 30.6 Å². The number of Topliss-reactive ketones (excluding diaryl/α,β-unsaturated/α-hetero) is 1. The lowest BCUT2D eigenvalue weighted by Gasteiger charge is -2.37. The standard InChI is InChI=1S/C16H23BrN2O/c1-3-8-18-9-11-19(12-10-18)13(2)16(20)14-4-6-15(17)7-5-14/h4-7,13H,3,8-12H2,1-2H3. The Hall–Kier alpha value is -0.710. The molecule has 110 valence electrons. The molecule has 1 atom stereocenters. The van der Waals surface area contributed by atoms with Gasteiger partial charge in [0.05, 0.1) is 6.04 Å². The third kappa shape index (κ3) is 3.90. The molecule has 0 amide bonds. The summed E-state index contributed by atoms with van der Waals surface area (Å²) in [5.74, 6) is 0.224. The monoisotopic (exact) mass is 338 g/mol. The number of benzene rings is 1. The van der Waals surface area contributed by atoms with E-state index in [4.69, 9.17) is 0 Å². The first-order chi connectivity index (χ1) is 9.61. The van der Waals surface area contributed by atoms with Gasteiger partial charge in [0, 0.05) is 36.2 Å². The molecule has 0 bridgehead atoms. The predicted octanol–water partition coefficient (Wildman–Crippen LogP) is 3.05. The highest BCUT2D eigenvalue weighted by atomic mass is 79.9. The van der Waals surface area contributed by atoms with Crippen LogP contribution >= 0.6 is 15.9 Å². The number of rotatable bonds is 5. The molecule has 1 unspecified atom stereocenters. The van der Waals surface area contributed by atoms with Gasteiger partial charge < -0.3 is 4.90 Å². The SMILES string of the molecule is CCCN1CCN(C(C)C(=O)c2ccc(Br)cc2)CC1. The molecule has 0 saturated carbocycles. The second-order valence-corrected chi connectivity index (χ2v) is 6.34. The van der Waals surface area contributed by atoms with Gasteiger partial charge in [-0.3, -0.25) is 9.69 Å². The van der Waals surface area contributed by atoms with Crippen LogP contribution in [0.15, 0.2) is 28.7 Å². The van der Waals surface area contributed by atoms with E-state index < -0.39 is 0 Å². The summed E-state index contributed by atoms with van der Waals surface area (Å²) >= 11 is 3.40. The van der Waals surface area contributed by atoms with E-state index in [0.717, 1.165) is 36.2 Å². The zero-order valence-corrected chi connectivity index (χ0v) is 13.9. The molecule has 1 saturated heterocycles. The van der Waals surface area contributed by atoms with Crippen LogP contribution in [0.3, 0.4) is 0 Å². The van der Waals surface area contributed by atoms with Crippen LogP contribution < -0.4 is 0 Å². The Morgan fingerprint density at radius 3 is 2.35 bits per heavy atom. The summed E-state index contributed by atoms with van der Waals surface area (Å²) in [6.45, 7) is 9.54. The topological polar surface area (TPSA) is 23.6 Å². The van der Waals surface area contributed by atoms with Gasteiger partial charge in [-0.2, -0.15) is 0 Å². The van der Waals surface area contributed by atoms with Crippen molar-refractivity contribution in [1.29, 1.82) is 0 Å². The Bertz CT molecular complexity index is 438. The van der Waals surface area contributed by atoms with Gasteiger partial charge in [-0.25, -0.2) is 0 Å². The zero-order chi connectivity index (χ0) is 14.5. The van der Waals surface area contributed by atoms with E-state index in [-0.39, 0.29) is 11.8 Å². The van der Waals surface area contributed by atoms with Crippen LogP contribution in [0.4, 0.5) is 0 Å². The van der Waals surface area contributed by atoms with Crippen LogP contribution in [-0.2, 0) is 0 Å². The normalized spacial score (nSPS) is 18.9. The molecule has 1 aliphatic heterocycles. The van der Waals surface area contributed by atoms with Gasteiger partial charge in [-0.1, -0.05) is 35.0 Å². The van der Waals surface area contributed by atoms with E-state index in [9.17, 15) is 4.79 Å². The minimum Gasteiger partial charge on any atom is -0.301 e. The van der Waals surface area contributed by atoms with Crippen molar-refractivity contribution in [3.63, 3.8) is 0 Å². The van der Waals surface area contributed by atoms with E-state index >= 15 is 0 Å². The number of piperazine rings is 1. The molecule has 1 aromatic rings. The van der Waals surface area contributed by atoms with Crippen molar-refractivity contribution < 1.29 is 4.79 Å². The van der Waals surface area contributed by atoms with E-state index in [0.29, 0.717) is 0 Å². The summed E-state index contributed by atoms with van der Waals surface area (Å²) in [5, 5.41) is 0. The lowest BCUT2D eigenvalue weighted by atomic mass is 10.0. The minimum atomic E-state index is -0.0278. The summed E-state index contributed by atoms with van der Waals surface area (Å²) in [6.07, 6.45) is 1.20. The quantitative estimate of drug-likeness (QED) is 0.771. The molecule has 0 radical (unpaired) electrons. The highest BCUT2D eigenvalue weighted by Crippen LogP contribution is 2.15. The van der Waals surface area contributed by atoms with Crippen molar-refractivity contribution in [3.05, 3.63) is 34.3 Å². The smallest absolute Gasteiger partial charge is 0.179 e. The number of ketones is 1. The molecule has 3 nitrogen and oxygen atoms in total. The van der Waals surface area contributed by atoms with Crippen LogP contribution in [0.25, 0.3) is 0 Å². The summed E-state index contributed by atoms with van der Waals surface area (Å²) in [4.78, 5) is 17.3. The summed E-state index contributed by atoms with van der Waals surface area (Å²) in [5.41, 5.74) is 0.802. The number of nitrogens with zero attached hydrogens (tertiary/aromatic N) is 2. The molecule has 0 aromatic heterocycles. The first kappa shape index (κ1) is 15.7. The van der Waals surface area contributed by atoms with Crippen molar-refractivity contribution in [1.82, 2.24) is 9.80 Å². The molecule has 0 N–H and O–H groups in total. The molecule has 1 aromatic carbocycles. The van der Waals surface area contributed by atoms with Gasteiger partial charge in [0.2, 0.25) is 0 Å². The molecule has 0 aliphatic carbocycles. The number of halogens is 1. The molecule has 2 rings (SSSR count). The molecule has 20 heavy (non-hydrogen) atoms. The Morgan fingerprint density at radius 2 is 1.80 bits per heavy atom. The van der Waals surface area contributed by atoms with E-state index in [1.807, 2.05) is 31.2 Å². The van der Waals surface area contributed by atoms with Crippen molar-refractivity contribution in [3.8, 4) is 0 Å². The molecule has 1 fully saturated rings. The molecular formula is C16H23BrN2O. The van der Waals surface area contributed by atoms with E-state index in [2.05, 4.69) is 32.7 Å². The number of hydrogen-bond acceptors (Lipinski definition) is 3. The predicted molar refractivity (Wildman–Crippen MR) is 86.2 cm³/mol. The molecule has 1 heterocycles. The third-order valence-corrected chi connectivity index (χ3v) is 4.53. The van der Waals surface area contributed by atoms with Crippen molar-refractivity contribution in [2.75, 3.05) is 32.7 Å². The van der Waals surface area contributed by atoms with Gasteiger partial charge in [0.25, 0.3) is 0 Å². The average Bonchev–Trinajstić information content (AvgIpc) is 2.48. The van der Waals surface area contributed by atoms with Gasteiger partial charge in [0.15, 0.2) is 5.78 Å². The fourth-order valence-electron chi connectivity index (χ4n) is 2.71. The maximum Gasteiger partial charge on any atom is 0.179 e. The summed E-state index contributed by atoms with van der Waals surface area (Å²) in [6, 6.07) is 7.63. The maximum absolute atomic E-state index is 12.5. The van der Waals surface area contributed by atoms with Gasteiger partial charge in [0.1, 0.15) is 0 Å². The van der Waals surface area contributed by atoms with Crippen LogP contribution in [-0.4, -0.2) is 54.3 Å². The highest BCUT2D eigenvalue weighted by molar-refractivity contribution is 9.10. The largest absolute Gasteiger partial charge is 0.301 e. The van der Waals surface area contributed by atoms with E-state index in [1.54, 1.807) is 0 Å². The molecule has 0 spiro atoms. The Labute approximate surface area is 130 Å². The van der Waals surface area contributed by atoms with Crippen LogP contribution in [0.2, 0.25) is 0 Å². The third-order valence-electron chi connectivity index (χ3n) is 4.00. The number of hydrogen-bond donors (Lipinski definition) is 0.